The predicted octanol–water partition coefficient (Wildman–Crippen LogP) is 4.97. The second-order valence-corrected chi connectivity index (χ2v) is 16.1. The number of carbonyl (C=O) groups is 1. The van der Waals surface area contributed by atoms with Gasteiger partial charge in [0.25, 0.3) is 0 Å². The van der Waals surface area contributed by atoms with Gasteiger partial charge in [-0.05, 0) is 92.3 Å². The van der Waals surface area contributed by atoms with Gasteiger partial charge in [0.15, 0.2) is 6.29 Å². The number of rotatable bonds is 9. The molecule has 2 unspecified atom stereocenters. The van der Waals surface area contributed by atoms with Crippen molar-refractivity contribution in [3.05, 3.63) is 77.0 Å². The molecule has 1 aromatic carbocycles. The van der Waals surface area contributed by atoms with Crippen molar-refractivity contribution >= 4 is 27.9 Å². The van der Waals surface area contributed by atoms with Crippen LogP contribution in [0.5, 0.6) is 0 Å². The first kappa shape index (κ1) is 33.4. The van der Waals surface area contributed by atoms with Crippen LogP contribution in [0.2, 0.25) is 0 Å². The van der Waals surface area contributed by atoms with Gasteiger partial charge in [0.05, 0.1) is 31.1 Å². The number of nitrogens with one attached hydrogen (secondary N) is 1. The molecule has 4 fully saturated rings. The maximum absolute atomic E-state index is 14.7. The quantitative estimate of drug-likeness (QED) is 0.307. The van der Waals surface area contributed by atoms with Crippen LogP contribution in [0.4, 0.5) is 14.6 Å². The number of alkyl halides is 1. The smallest absolute Gasteiger partial charge is 0.318 e. The van der Waals surface area contributed by atoms with Crippen LogP contribution >= 0.6 is 0 Å². The largest absolute Gasteiger partial charge is 0.465 e. The van der Waals surface area contributed by atoms with Gasteiger partial charge in [-0.1, -0.05) is 12.1 Å². The number of hydrogen-bond donors (Lipinski definition) is 1. The van der Waals surface area contributed by atoms with Crippen molar-refractivity contribution in [2.75, 3.05) is 44.3 Å². The van der Waals surface area contributed by atoms with Crippen LogP contribution in [0.1, 0.15) is 67.7 Å². The van der Waals surface area contributed by atoms with Crippen molar-refractivity contribution < 1.29 is 36.2 Å². The van der Waals surface area contributed by atoms with E-state index >= 15 is 0 Å². The van der Waals surface area contributed by atoms with E-state index in [1.165, 1.54) is 28.7 Å². The van der Waals surface area contributed by atoms with E-state index in [1.54, 1.807) is 29.3 Å². The van der Waals surface area contributed by atoms with Gasteiger partial charge in [0.2, 0.25) is 10.0 Å². The van der Waals surface area contributed by atoms with Gasteiger partial charge in [-0.3, -0.25) is 9.89 Å². The second-order valence-electron chi connectivity index (χ2n) is 14.1. The number of hydrogen-bond acceptors (Lipinski definition) is 9. The molecule has 3 saturated heterocycles. The number of benzene rings is 1. The monoisotopic (exact) mass is 709 g/mol. The van der Waals surface area contributed by atoms with E-state index in [-0.39, 0.29) is 55.9 Å². The molecule has 5 aliphatic rings. The molecule has 2 aromatic heterocycles. The zero-order chi connectivity index (χ0) is 34.5. The Hall–Kier alpha value is -3.72. The first-order valence-electron chi connectivity index (χ1n) is 17.5. The molecule has 1 N–H and O–H groups in total. The van der Waals surface area contributed by atoms with Crippen LogP contribution in [0.25, 0.3) is 6.08 Å². The summed E-state index contributed by atoms with van der Waals surface area (Å²) in [6.07, 6.45) is 8.90. The number of fused-ring (bicyclic) bond motifs is 2. The summed E-state index contributed by atoms with van der Waals surface area (Å²) in [5, 5.41) is 7.29. The Morgan fingerprint density at radius 3 is 2.64 bits per heavy atom. The molecule has 50 heavy (non-hydrogen) atoms. The summed E-state index contributed by atoms with van der Waals surface area (Å²) in [6.45, 7) is 1.54. The molecular weight excluding hydrogens is 668 g/mol. The Bertz CT molecular complexity index is 1840. The van der Waals surface area contributed by atoms with Gasteiger partial charge in [-0.2, -0.15) is 9.40 Å². The number of sulfonamides is 1. The number of H-pyrrole nitrogens is 1. The number of pyridine rings is 1. The summed E-state index contributed by atoms with van der Waals surface area (Å²) in [7, 11) is -4.13. The van der Waals surface area contributed by atoms with E-state index in [2.05, 4.69) is 15.2 Å². The molecule has 11 nitrogen and oxygen atoms in total. The van der Waals surface area contributed by atoms with E-state index in [0.717, 1.165) is 43.4 Å². The SMILES string of the molecule is O=C(OCC1CC(O[C@@H]2CCCCO2)C1)C12CN(S(=O)(=O)c3ccc(N4CC[C@@H](F)C4)nc3)CCC1=Cc1[nH]ncc1C2c1ccc(F)cc1. The molecule has 266 valence electrons. The van der Waals surface area contributed by atoms with Crippen LogP contribution < -0.4 is 4.90 Å². The summed E-state index contributed by atoms with van der Waals surface area (Å²) in [5.74, 6) is -1.05. The molecule has 3 aromatic rings. The lowest BCUT2D eigenvalue weighted by Crippen LogP contribution is -2.56. The molecule has 0 bridgehead atoms. The zero-order valence-corrected chi connectivity index (χ0v) is 28.5. The minimum absolute atomic E-state index is 0.0196. The summed E-state index contributed by atoms with van der Waals surface area (Å²) >= 11 is 0. The number of aromatic amines is 1. The average Bonchev–Trinajstić information content (AvgIpc) is 3.77. The number of nitrogens with zero attached hydrogens (tertiary/aromatic N) is 4. The Labute approximate surface area is 290 Å². The van der Waals surface area contributed by atoms with E-state index in [0.29, 0.717) is 36.5 Å². The summed E-state index contributed by atoms with van der Waals surface area (Å²) < 4.78 is 75.9. The number of piperidine rings is 1. The maximum Gasteiger partial charge on any atom is 0.318 e. The standard InChI is InChI=1S/C36H41F2N5O6S/c37-26-6-4-24(5-7-26)34-30-19-40-41-31(30)17-25-10-13-43(50(45,46)29-8-9-32(39-18-29)42-12-11-27(38)20-42)22-36(25,34)35(44)48-21-23-15-28(16-23)49-33-3-1-2-14-47-33/h4-9,17-19,23,27-28,33-34H,1-3,10-16,20-22H2,(H,40,41)/t23?,27-,28?,33-,34?,36?/m1/s1. The van der Waals surface area contributed by atoms with Crippen molar-refractivity contribution in [3.8, 4) is 0 Å². The highest BCUT2D eigenvalue weighted by molar-refractivity contribution is 7.89. The van der Waals surface area contributed by atoms with E-state index in [4.69, 9.17) is 14.2 Å². The Morgan fingerprint density at radius 1 is 1.08 bits per heavy atom. The predicted molar refractivity (Wildman–Crippen MR) is 179 cm³/mol. The highest BCUT2D eigenvalue weighted by Gasteiger charge is 2.58. The number of ether oxygens (including phenoxy) is 3. The first-order valence-corrected chi connectivity index (χ1v) is 18.9. The van der Waals surface area contributed by atoms with Crippen molar-refractivity contribution in [2.24, 2.45) is 11.3 Å². The van der Waals surface area contributed by atoms with Gasteiger partial charge in [-0.25, -0.2) is 22.2 Å². The number of esters is 1. The van der Waals surface area contributed by atoms with Gasteiger partial charge in [0.1, 0.15) is 28.1 Å². The Morgan fingerprint density at radius 2 is 1.92 bits per heavy atom. The average molecular weight is 710 g/mol. The third-order valence-corrected chi connectivity index (χ3v) is 12.8. The highest BCUT2D eigenvalue weighted by atomic mass is 32.2. The van der Waals surface area contributed by atoms with Gasteiger partial charge in [0, 0.05) is 43.9 Å². The number of anilines is 1. The van der Waals surface area contributed by atoms with Gasteiger partial charge < -0.3 is 19.1 Å². The lowest BCUT2D eigenvalue weighted by molar-refractivity contribution is -0.213. The molecule has 4 atom stereocenters. The van der Waals surface area contributed by atoms with Crippen LogP contribution in [0.3, 0.4) is 0 Å². The minimum atomic E-state index is -4.13. The third-order valence-electron chi connectivity index (χ3n) is 11.0. The van der Waals surface area contributed by atoms with Crippen molar-refractivity contribution in [3.63, 3.8) is 0 Å². The van der Waals surface area contributed by atoms with Crippen LogP contribution in [-0.4, -0.2) is 91.8 Å². The first-order chi connectivity index (χ1) is 24.2. The number of carbonyl (C=O) groups excluding carboxylic acids is 1. The topological polar surface area (TPSA) is 127 Å². The number of aromatic nitrogens is 3. The van der Waals surface area contributed by atoms with Gasteiger partial charge >= 0.3 is 5.97 Å². The molecule has 3 aliphatic heterocycles. The van der Waals surface area contributed by atoms with Gasteiger partial charge in [-0.15, -0.1) is 0 Å². The molecule has 0 radical (unpaired) electrons. The maximum atomic E-state index is 14.7. The molecule has 0 spiro atoms. The van der Waals surface area contributed by atoms with Crippen LogP contribution in [0.15, 0.2) is 59.3 Å². The second kappa shape index (κ2) is 13.4. The number of halogens is 2. The fraction of sp³-hybridized carbons (Fsp3) is 0.528. The molecule has 1 saturated carbocycles. The fourth-order valence-corrected chi connectivity index (χ4v) is 9.63. The van der Waals surface area contributed by atoms with Crippen LogP contribution in [0, 0.1) is 17.2 Å². The van der Waals surface area contributed by atoms with E-state index < -0.39 is 39.3 Å². The van der Waals surface area contributed by atoms with E-state index in [9.17, 15) is 22.0 Å². The summed E-state index contributed by atoms with van der Waals surface area (Å²) in [5.41, 5.74) is 1.34. The summed E-state index contributed by atoms with van der Waals surface area (Å²) in [6, 6.07) is 9.03. The fourth-order valence-electron chi connectivity index (χ4n) is 8.20. The zero-order valence-electron chi connectivity index (χ0n) is 27.7. The van der Waals surface area contributed by atoms with Crippen molar-refractivity contribution in [1.29, 1.82) is 0 Å². The molecule has 5 heterocycles. The highest BCUT2D eigenvalue weighted by Crippen LogP contribution is 2.55. The van der Waals surface area contributed by atoms with Crippen molar-refractivity contribution in [2.45, 2.75) is 74.3 Å². The normalized spacial score (nSPS) is 29.8. The van der Waals surface area contributed by atoms with Crippen molar-refractivity contribution in [1.82, 2.24) is 19.5 Å². The third kappa shape index (κ3) is 6.13. The van der Waals surface area contributed by atoms with Crippen LogP contribution in [-0.2, 0) is 29.0 Å². The molecule has 8 rings (SSSR count). The Kier molecular flexibility index (Phi) is 8.98. The molecule has 0 amide bonds. The van der Waals surface area contributed by atoms with E-state index in [1.807, 2.05) is 6.08 Å². The summed E-state index contributed by atoms with van der Waals surface area (Å²) in [4.78, 5) is 20.9. The Balaban J connectivity index is 1.08. The molecule has 2 aliphatic carbocycles. The minimum Gasteiger partial charge on any atom is -0.465 e. The lowest BCUT2D eigenvalue weighted by atomic mass is 9.60. The molecular formula is C36H41F2N5O6S. The molecule has 14 heteroatoms. The lowest BCUT2D eigenvalue weighted by Gasteiger charge is -2.48.